The van der Waals surface area contributed by atoms with E-state index in [0.29, 0.717) is 4.83 Å². The smallest absolute Gasteiger partial charge is 0.0395 e. The summed E-state index contributed by atoms with van der Waals surface area (Å²) in [6.07, 6.45) is 6.61. The van der Waals surface area contributed by atoms with Crippen molar-refractivity contribution < 1.29 is 0 Å². The van der Waals surface area contributed by atoms with Crippen molar-refractivity contribution in [3.63, 3.8) is 0 Å². The summed E-state index contributed by atoms with van der Waals surface area (Å²) in [4.78, 5) is 0.531. The molecule has 0 aliphatic heterocycles. The Balaban J connectivity index is 2.28. The van der Waals surface area contributed by atoms with E-state index in [1.165, 1.54) is 37.7 Å². The zero-order valence-corrected chi connectivity index (χ0v) is 12.0. The van der Waals surface area contributed by atoms with Gasteiger partial charge in [0.2, 0.25) is 0 Å². The number of benzene rings is 1. The van der Waals surface area contributed by atoms with Gasteiger partial charge in [-0.1, -0.05) is 85.8 Å². The van der Waals surface area contributed by atoms with Gasteiger partial charge in [0.1, 0.15) is 0 Å². The van der Waals surface area contributed by atoms with Gasteiger partial charge in [0.15, 0.2) is 0 Å². The highest BCUT2D eigenvalue weighted by atomic mass is 79.9. The molecule has 0 aromatic heterocycles. The van der Waals surface area contributed by atoms with E-state index in [4.69, 9.17) is 0 Å². The normalized spacial score (nSPS) is 13.0. The van der Waals surface area contributed by atoms with Gasteiger partial charge in [0.25, 0.3) is 0 Å². The molecule has 1 heteroatoms. The molecule has 1 unspecified atom stereocenters. The Morgan fingerprint density at radius 2 is 1.62 bits per heavy atom. The Hall–Kier alpha value is -0.300. The third-order valence-corrected chi connectivity index (χ3v) is 4.37. The van der Waals surface area contributed by atoms with Crippen molar-refractivity contribution in [1.82, 2.24) is 0 Å². The molecule has 0 amide bonds. The minimum atomic E-state index is 0.531. The average molecular weight is 283 g/mol. The van der Waals surface area contributed by atoms with Crippen molar-refractivity contribution in [2.75, 3.05) is 0 Å². The fourth-order valence-electron chi connectivity index (χ4n) is 2.11. The molecule has 0 heterocycles. The first kappa shape index (κ1) is 13.8. The zero-order valence-electron chi connectivity index (χ0n) is 10.5. The van der Waals surface area contributed by atoms with E-state index >= 15 is 0 Å². The van der Waals surface area contributed by atoms with Crippen LogP contribution in [0.4, 0.5) is 0 Å². The lowest BCUT2D eigenvalue weighted by Gasteiger charge is -2.14. The molecule has 0 saturated heterocycles. The first-order valence-electron chi connectivity index (χ1n) is 6.46. The van der Waals surface area contributed by atoms with Gasteiger partial charge in [-0.25, -0.2) is 0 Å². The summed E-state index contributed by atoms with van der Waals surface area (Å²) in [5.74, 6) is 0.926. The second-order valence-electron chi connectivity index (χ2n) is 4.49. The molecular formula is C15H23Br. The van der Waals surface area contributed by atoms with E-state index in [1.807, 2.05) is 0 Å². The molecule has 0 saturated carbocycles. The van der Waals surface area contributed by atoms with Gasteiger partial charge in [0.05, 0.1) is 0 Å². The monoisotopic (exact) mass is 282 g/mol. The Morgan fingerprint density at radius 1 is 1.00 bits per heavy atom. The van der Waals surface area contributed by atoms with E-state index in [-0.39, 0.29) is 0 Å². The number of halogens is 1. The number of hydrogen-bond acceptors (Lipinski definition) is 0. The fraction of sp³-hybridized carbons (Fsp3) is 0.600. The fourth-order valence-corrected chi connectivity index (χ4v) is 2.74. The average Bonchev–Trinajstić information content (AvgIpc) is 2.35. The lowest BCUT2D eigenvalue weighted by molar-refractivity contribution is 0.433. The molecule has 1 aromatic rings. The van der Waals surface area contributed by atoms with Crippen LogP contribution in [0.5, 0.6) is 0 Å². The summed E-state index contributed by atoms with van der Waals surface area (Å²) in [7, 11) is 0. The van der Waals surface area contributed by atoms with Crippen LogP contribution in [0.25, 0.3) is 0 Å². The number of rotatable bonds is 7. The van der Waals surface area contributed by atoms with Gasteiger partial charge >= 0.3 is 0 Å². The van der Waals surface area contributed by atoms with Crippen LogP contribution in [0.2, 0.25) is 0 Å². The summed E-state index contributed by atoms with van der Waals surface area (Å²) < 4.78 is 0. The maximum absolute atomic E-state index is 3.78. The third kappa shape index (κ3) is 4.69. The van der Waals surface area contributed by atoms with Crippen LogP contribution in [-0.2, 0) is 0 Å². The van der Waals surface area contributed by atoms with Crippen LogP contribution in [-0.4, -0.2) is 0 Å². The highest BCUT2D eigenvalue weighted by Gasteiger charge is 2.08. The van der Waals surface area contributed by atoms with Crippen molar-refractivity contribution in [2.45, 2.75) is 50.8 Å². The molecule has 0 fully saturated rings. The van der Waals surface area contributed by atoms with Crippen LogP contribution in [0.15, 0.2) is 30.3 Å². The molecule has 0 spiro atoms. The molecule has 0 radical (unpaired) electrons. The lowest BCUT2D eigenvalue weighted by Crippen LogP contribution is -1.98. The Labute approximate surface area is 109 Å². The third-order valence-electron chi connectivity index (χ3n) is 3.39. The molecule has 0 N–H and O–H groups in total. The molecule has 90 valence electrons. The molecule has 0 nitrogen and oxygen atoms in total. The molecule has 0 bridgehead atoms. The van der Waals surface area contributed by atoms with Gasteiger partial charge in [-0.05, 0) is 17.9 Å². The van der Waals surface area contributed by atoms with E-state index < -0.39 is 0 Å². The van der Waals surface area contributed by atoms with Crippen molar-refractivity contribution >= 4 is 15.9 Å². The maximum Gasteiger partial charge on any atom is 0.0395 e. The van der Waals surface area contributed by atoms with Crippen molar-refractivity contribution in [2.24, 2.45) is 5.92 Å². The predicted octanol–water partition coefficient (Wildman–Crippen LogP) is 5.73. The van der Waals surface area contributed by atoms with E-state index in [2.05, 4.69) is 60.1 Å². The van der Waals surface area contributed by atoms with E-state index in [9.17, 15) is 0 Å². The van der Waals surface area contributed by atoms with Crippen LogP contribution in [0.3, 0.4) is 0 Å². The highest BCUT2D eigenvalue weighted by Crippen LogP contribution is 2.29. The molecule has 0 aliphatic carbocycles. The van der Waals surface area contributed by atoms with E-state index in [1.54, 1.807) is 0 Å². The van der Waals surface area contributed by atoms with Crippen molar-refractivity contribution in [1.29, 1.82) is 0 Å². The van der Waals surface area contributed by atoms with Crippen molar-refractivity contribution in [3.8, 4) is 0 Å². The SMILES string of the molecule is CCC(CC)CCCC(Br)c1ccccc1. The maximum atomic E-state index is 3.78. The standard InChI is InChI=1S/C15H23Br/c1-3-13(4-2)9-8-12-15(16)14-10-6-5-7-11-14/h5-7,10-11,13,15H,3-4,8-9,12H2,1-2H3. The van der Waals surface area contributed by atoms with Crippen LogP contribution in [0, 0.1) is 5.92 Å². The number of alkyl halides is 1. The topological polar surface area (TPSA) is 0 Å². The van der Waals surface area contributed by atoms with Gasteiger partial charge in [-0.3, -0.25) is 0 Å². The first-order chi connectivity index (χ1) is 7.77. The molecule has 1 atom stereocenters. The van der Waals surface area contributed by atoms with Gasteiger partial charge in [0, 0.05) is 4.83 Å². The zero-order chi connectivity index (χ0) is 11.8. The summed E-state index contributed by atoms with van der Waals surface area (Å²) in [5, 5.41) is 0. The van der Waals surface area contributed by atoms with Gasteiger partial charge in [-0.15, -0.1) is 0 Å². The van der Waals surface area contributed by atoms with Gasteiger partial charge < -0.3 is 0 Å². The molecule has 1 aromatic carbocycles. The minimum absolute atomic E-state index is 0.531. The highest BCUT2D eigenvalue weighted by molar-refractivity contribution is 9.09. The lowest BCUT2D eigenvalue weighted by atomic mass is 9.95. The Morgan fingerprint density at radius 3 is 2.19 bits per heavy atom. The Kier molecular flexibility index (Phi) is 6.79. The van der Waals surface area contributed by atoms with E-state index in [0.717, 1.165) is 5.92 Å². The molecule has 1 rings (SSSR count). The van der Waals surface area contributed by atoms with Crippen molar-refractivity contribution in [3.05, 3.63) is 35.9 Å². The van der Waals surface area contributed by atoms with Crippen LogP contribution >= 0.6 is 15.9 Å². The summed E-state index contributed by atoms with van der Waals surface area (Å²) >= 11 is 3.78. The second kappa shape index (κ2) is 7.89. The quantitative estimate of drug-likeness (QED) is 0.561. The molecular weight excluding hydrogens is 260 g/mol. The summed E-state index contributed by atoms with van der Waals surface area (Å²) in [6.45, 7) is 4.61. The predicted molar refractivity (Wildman–Crippen MR) is 76.0 cm³/mol. The number of hydrogen-bond donors (Lipinski definition) is 0. The van der Waals surface area contributed by atoms with Crippen LogP contribution in [0.1, 0.15) is 56.3 Å². The second-order valence-corrected chi connectivity index (χ2v) is 5.60. The molecule has 16 heavy (non-hydrogen) atoms. The Bertz CT molecular complexity index is 264. The first-order valence-corrected chi connectivity index (χ1v) is 7.38. The summed E-state index contributed by atoms with van der Waals surface area (Å²) in [6, 6.07) is 10.7. The molecule has 0 aliphatic rings. The largest absolute Gasteiger partial charge is 0.0839 e. The summed E-state index contributed by atoms with van der Waals surface area (Å²) in [5.41, 5.74) is 1.41. The minimum Gasteiger partial charge on any atom is -0.0839 e. The van der Waals surface area contributed by atoms with Crippen LogP contribution < -0.4 is 0 Å². The van der Waals surface area contributed by atoms with Gasteiger partial charge in [-0.2, -0.15) is 0 Å².